The molecule has 3 heterocycles. The lowest BCUT2D eigenvalue weighted by Gasteiger charge is -2.28. The molecule has 0 spiro atoms. The highest BCUT2D eigenvalue weighted by Crippen LogP contribution is 2.36. The molecule has 2 aliphatic rings. The van der Waals surface area contributed by atoms with Gasteiger partial charge in [0.25, 0.3) is 0 Å². The van der Waals surface area contributed by atoms with E-state index in [0.29, 0.717) is 12.2 Å². The summed E-state index contributed by atoms with van der Waals surface area (Å²) >= 11 is 0. The van der Waals surface area contributed by atoms with Crippen molar-refractivity contribution in [2.75, 3.05) is 29.0 Å². The summed E-state index contributed by atoms with van der Waals surface area (Å²) in [6.07, 6.45) is 2.72. The fraction of sp³-hybridized carbons (Fsp3) is 0.353. The van der Waals surface area contributed by atoms with Crippen LogP contribution in [0.1, 0.15) is 29.9 Å². The number of halogens is 1. The summed E-state index contributed by atoms with van der Waals surface area (Å²) in [5, 5.41) is 2.84. The Bertz CT molecular complexity index is 786. The molecule has 1 aromatic heterocycles. The maximum Gasteiger partial charge on any atom is 0.233 e. The van der Waals surface area contributed by atoms with E-state index in [2.05, 4.69) is 20.2 Å². The third kappa shape index (κ3) is 2.55. The molecule has 1 atom stereocenters. The number of carbonyl (C=O) groups excluding carboxylic acids is 1. The summed E-state index contributed by atoms with van der Waals surface area (Å²) in [6.45, 7) is 1.86. The van der Waals surface area contributed by atoms with Crippen LogP contribution < -0.4 is 16.0 Å². The van der Waals surface area contributed by atoms with Gasteiger partial charge in [0.15, 0.2) is 0 Å². The fourth-order valence-electron chi connectivity index (χ4n) is 3.44. The molecule has 1 fully saturated rings. The molecule has 2 aromatic rings. The third-order valence-electron chi connectivity index (χ3n) is 4.65. The van der Waals surface area contributed by atoms with Gasteiger partial charge in [-0.3, -0.25) is 4.79 Å². The van der Waals surface area contributed by atoms with E-state index in [1.54, 1.807) is 12.1 Å². The number of rotatable bonds is 2. The molecule has 2 aliphatic heterocycles. The van der Waals surface area contributed by atoms with Gasteiger partial charge in [-0.15, -0.1) is 0 Å². The fourth-order valence-corrected chi connectivity index (χ4v) is 3.44. The average Bonchev–Trinajstić information content (AvgIpc) is 3.09. The first-order valence-electron chi connectivity index (χ1n) is 8.09. The van der Waals surface area contributed by atoms with Gasteiger partial charge < -0.3 is 16.0 Å². The second-order valence-electron chi connectivity index (χ2n) is 6.22. The van der Waals surface area contributed by atoms with E-state index in [9.17, 15) is 9.18 Å². The Morgan fingerprint density at radius 1 is 1.17 bits per heavy atom. The van der Waals surface area contributed by atoms with Gasteiger partial charge in [0.05, 0.1) is 5.92 Å². The van der Waals surface area contributed by atoms with Crippen LogP contribution in [0.2, 0.25) is 0 Å². The van der Waals surface area contributed by atoms with Crippen LogP contribution in [0.25, 0.3) is 0 Å². The summed E-state index contributed by atoms with van der Waals surface area (Å²) in [4.78, 5) is 23.3. The third-order valence-corrected chi connectivity index (χ3v) is 4.65. The first-order valence-corrected chi connectivity index (χ1v) is 8.09. The number of nitrogens with zero attached hydrogens (tertiary/aromatic N) is 3. The molecule has 24 heavy (non-hydrogen) atoms. The van der Waals surface area contributed by atoms with Gasteiger partial charge in [-0.1, -0.05) is 12.1 Å². The number of hydrogen-bond acceptors (Lipinski definition) is 5. The van der Waals surface area contributed by atoms with Crippen LogP contribution in [0.15, 0.2) is 24.3 Å². The predicted octanol–water partition coefficient (Wildman–Crippen LogP) is 2.08. The van der Waals surface area contributed by atoms with Gasteiger partial charge in [0.2, 0.25) is 11.9 Å². The molecule has 124 valence electrons. The normalized spacial score (nSPS) is 20.0. The number of benzene rings is 1. The Balaban J connectivity index is 1.74. The van der Waals surface area contributed by atoms with Gasteiger partial charge >= 0.3 is 0 Å². The Labute approximate surface area is 138 Å². The van der Waals surface area contributed by atoms with Crippen molar-refractivity contribution in [2.45, 2.75) is 25.2 Å². The Morgan fingerprint density at radius 2 is 1.88 bits per heavy atom. The Kier molecular flexibility index (Phi) is 3.55. The summed E-state index contributed by atoms with van der Waals surface area (Å²) in [5.41, 5.74) is 7.50. The molecular formula is C17H18FN5O. The van der Waals surface area contributed by atoms with Crippen LogP contribution in [0.5, 0.6) is 0 Å². The highest BCUT2D eigenvalue weighted by Gasteiger charge is 2.33. The number of hydrogen-bond donors (Lipinski definition) is 2. The van der Waals surface area contributed by atoms with Crippen molar-refractivity contribution in [2.24, 2.45) is 0 Å². The van der Waals surface area contributed by atoms with Crippen LogP contribution in [-0.2, 0) is 11.2 Å². The molecule has 0 radical (unpaired) electrons. The molecule has 0 bridgehead atoms. The molecule has 7 heteroatoms. The van der Waals surface area contributed by atoms with E-state index in [1.165, 1.54) is 12.1 Å². The summed E-state index contributed by atoms with van der Waals surface area (Å²) in [6, 6.07) is 6.05. The number of carbonyl (C=O) groups is 1. The maximum atomic E-state index is 13.2. The van der Waals surface area contributed by atoms with E-state index < -0.39 is 0 Å². The second kappa shape index (κ2) is 5.74. The van der Waals surface area contributed by atoms with E-state index >= 15 is 0 Å². The van der Waals surface area contributed by atoms with Crippen molar-refractivity contribution in [3.63, 3.8) is 0 Å². The number of aromatic nitrogens is 2. The molecule has 0 aliphatic carbocycles. The minimum absolute atomic E-state index is 0.153. The number of fused-ring (bicyclic) bond motifs is 1. The van der Waals surface area contributed by atoms with E-state index in [0.717, 1.165) is 42.9 Å². The Hall–Kier alpha value is -2.70. The smallest absolute Gasteiger partial charge is 0.233 e. The standard InChI is InChI=1S/C17H18FN5O/c18-11-5-3-10(4-6-11)12-9-13-14(20-16(12)24)21-17(19)22-15(13)23-7-1-2-8-23/h3-6,12H,1-2,7-9H2,(H3,19,20,21,22,24). The maximum absolute atomic E-state index is 13.2. The SMILES string of the molecule is Nc1nc2c(c(N3CCCC3)n1)CC(c1ccc(F)cc1)C(=O)N2. The van der Waals surface area contributed by atoms with Crippen LogP contribution in [0.3, 0.4) is 0 Å². The highest BCUT2D eigenvalue weighted by molar-refractivity contribution is 5.99. The zero-order valence-electron chi connectivity index (χ0n) is 13.1. The second-order valence-corrected chi connectivity index (χ2v) is 6.22. The predicted molar refractivity (Wildman–Crippen MR) is 89.4 cm³/mol. The molecule has 1 aromatic carbocycles. The lowest BCUT2D eigenvalue weighted by Crippen LogP contribution is -2.32. The van der Waals surface area contributed by atoms with Crippen molar-refractivity contribution in [1.29, 1.82) is 0 Å². The van der Waals surface area contributed by atoms with Crippen molar-refractivity contribution in [1.82, 2.24) is 9.97 Å². The monoisotopic (exact) mass is 327 g/mol. The molecule has 4 rings (SSSR count). The zero-order valence-corrected chi connectivity index (χ0v) is 13.1. The number of nitrogen functional groups attached to an aromatic ring is 1. The lowest BCUT2D eigenvalue weighted by molar-refractivity contribution is -0.117. The molecule has 1 saturated heterocycles. The quantitative estimate of drug-likeness (QED) is 0.882. The van der Waals surface area contributed by atoms with Crippen molar-refractivity contribution < 1.29 is 9.18 Å². The van der Waals surface area contributed by atoms with Crippen LogP contribution in [0, 0.1) is 5.82 Å². The minimum Gasteiger partial charge on any atom is -0.368 e. The van der Waals surface area contributed by atoms with Gasteiger partial charge in [-0.05, 0) is 37.0 Å². The van der Waals surface area contributed by atoms with Gasteiger partial charge in [-0.25, -0.2) is 4.39 Å². The van der Waals surface area contributed by atoms with Crippen molar-refractivity contribution in [3.8, 4) is 0 Å². The molecule has 1 unspecified atom stereocenters. The number of nitrogens with two attached hydrogens (primary N) is 1. The molecule has 0 saturated carbocycles. The average molecular weight is 327 g/mol. The molecule has 6 nitrogen and oxygen atoms in total. The van der Waals surface area contributed by atoms with Gasteiger partial charge in [0, 0.05) is 18.7 Å². The van der Waals surface area contributed by atoms with E-state index in [-0.39, 0.29) is 23.6 Å². The van der Waals surface area contributed by atoms with Gasteiger partial charge in [-0.2, -0.15) is 9.97 Å². The van der Waals surface area contributed by atoms with E-state index in [4.69, 9.17) is 5.73 Å². The summed E-state index contributed by atoms with van der Waals surface area (Å²) in [5.74, 6) is 0.613. The van der Waals surface area contributed by atoms with Crippen LogP contribution in [0.4, 0.5) is 22.0 Å². The minimum atomic E-state index is -0.383. The zero-order chi connectivity index (χ0) is 16.7. The number of nitrogens with one attached hydrogen (secondary N) is 1. The van der Waals surface area contributed by atoms with Crippen molar-refractivity contribution >= 4 is 23.5 Å². The van der Waals surface area contributed by atoms with Gasteiger partial charge in [0.1, 0.15) is 17.5 Å². The summed E-state index contributed by atoms with van der Waals surface area (Å²) < 4.78 is 13.2. The summed E-state index contributed by atoms with van der Waals surface area (Å²) in [7, 11) is 0. The van der Waals surface area contributed by atoms with Crippen molar-refractivity contribution in [3.05, 3.63) is 41.2 Å². The van der Waals surface area contributed by atoms with Crippen LogP contribution >= 0.6 is 0 Å². The topological polar surface area (TPSA) is 84.1 Å². The first-order chi connectivity index (χ1) is 11.6. The first kappa shape index (κ1) is 14.9. The molecule has 1 amide bonds. The molecule has 3 N–H and O–H groups in total. The number of amides is 1. The van der Waals surface area contributed by atoms with Crippen LogP contribution in [-0.4, -0.2) is 29.0 Å². The Morgan fingerprint density at radius 3 is 2.58 bits per heavy atom. The number of anilines is 3. The largest absolute Gasteiger partial charge is 0.368 e. The highest BCUT2D eigenvalue weighted by atomic mass is 19.1. The molecular weight excluding hydrogens is 309 g/mol. The van der Waals surface area contributed by atoms with E-state index in [1.807, 2.05) is 0 Å². The lowest BCUT2D eigenvalue weighted by atomic mass is 9.88.